The van der Waals surface area contributed by atoms with Gasteiger partial charge in [0.05, 0.1) is 13.2 Å². The van der Waals surface area contributed by atoms with Crippen molar-refractivity contribution >= 4 is 11.3 Å². The van der Waals surface area contributed by atoms with E-state index in [1.54, 1.807) is 0 Å². The summed E-state index contributed by atoms with van der Waals surface area (Å²) in [6.45, 7) is 1.87. The summed E-state index contributed by atoms with van der Waals surface area (Å²) in [6.07, 6.45) is 0. The summed E-state index contributed by atoms with van der Waals surface area (Å²) in [4.78, 5) is 0. The van der Waals surface area contributed by atoms with Crippen molar-refractivity contribution in [1.82, 2.24) is 0 Å². The van der Waals surface area contributed by atoms with Gasteiger partial charge in [-0.15, -0.1) is 0 Å². The number of halogens is 2. The number of nitrogens with two attached hydrogens (primary N) is 1. The molecule has 1 unspecified atom stereocenters. The quantitative estimate of drug-likeness (QED) is 0.927. The van der Waals surface area contributed by atoms with Crippen LogP contribution in [0.15, 0.2) is 22.9 Å². The molecule has 1 heterocycles. The maximum absolute atomic E-state index is 13.9. The number of hydrogen-bond donors (Lipinski definition) is 1. The van der Waals surface area contributed by atoms with Crippen molar-refractivity contribution in [3.8, 4) is 5.75 Å². The van der Waals surface area contributed by atoms with Gasteiger partial charge in [0.1, 0.15) is 17.4 Å². The van der Waals surface area contributed by atoms with Gasteiger partial charge in [0.2, 0.25) is 0 Å². The van der Waals surface area contributed by atoms with E-state index in [0.29, 0.717) is 0 Å². The number of hydrogen-bond acceptors (Lipinski definition) is 3. The third-order valence-corrected chi connectivity index (χ3v) is 3.71. The lowest BCUT2D eigenvalue weighted by atomic mass is 9.98. The van der Waals surface area contributed by atoms with Crippen LogP contribution in [-0.4, -0.2) is 7.11 Å². The molecule has 18 heavy (non-hydrogen) atoms. The van der Waals surface area contributed by atoms with Gasteiger partial charge in [-0.05, 0) is 28.8 Å². The first-order valence-electron chi connectivity index (χ1n) is 5.35. The highest BCUT2D eigenvalue weighted by Crippen LogP contribution is 2.31. The summed E-state index contributed by atoms with van der Waals surface area (Å²) in [6, 6.07) is 1.47. The van der Waals surface area contributed by atoms with Crippen LogP contribution in [-0.2, 0) is 0 Å². The number of rotatable bonds is 3. The molecule has 0 saturated heterocycles. The van der Waals surface area contributed by atoms with Crippen LogP contribution >= 0.6 is 11.3 Å². The Morgan fingerprint density at radius 1 is 1.22 bits per heavy atom. The fraction of sp³-hybridized carbons (Fsp3) is 0.231. The van der Waals surface area contributed by atoms with E-state index >= 15 is 0 Å². The normalized spacial score (nSPS) is 12.5. The smallest absolute Gasteiger partial charge is 0.134 e. The van der Waals surface area contributed by atoms with Crippen molar-refractivity contribution in [2.24, 2.45) is 5.73 Å². The molecule has 2 N–H and O–H groups in total. The topological polar surface area (TPSA) is 35.2 Å². The lowest BCUT2D eigenvalue weighted by Gasteiger charge is -2.15. The second-order valence-corrected chi connectivity index (χ2v) is 4.74. The van der Waals surface area contributed by atoms with E-state index in [9.17, 15) is 8.78 Å². The standard InChI is InChI=1S/C13H13F2NOS/c1-7-5-18-6-9(7)13(16)12-10(14)3-8(17-2)4-11(12)15/h3-6,13H,16H2,1-2H3. The molecule has 1 aromatic heterocycles. The van der Waals surface area contributed by atoms with Crippen LogP contribution in [0.2, 0.25) is 0 Å². The zero-order valence-electron chi connectivity index (χ0n) is 10.0. The molecule has 0 aliphatic carbocycles. The van der Waals surface area contributed by atoms with Crippen LogP contribution in [0.1, 0.15) is 22.7 Å². The molecule has 2 nitrogen and oxygen atoms in total. The zero-order chi connectivity index (χ0) is 13.3. The Labute approximate surface area is 108 Å². The molecule has 5 heteroatoms. The Kier molecular flexibility index (Phi) is 3.63. The minimum absolute atomic E-state index is 0.127. The van der Waals surface area contributed by atoms with Gasteiger partial charge in [-0.25, -0.2) is 8.78 Å². The maximum Gasteiger partial charge on any atom is 0.134 e. The molecule has 2 rings (SSSR count). The maximum atomic E-state index is 13.9. The molecule has 0 radical (unpaired) electrons. The molecular weight excluding hydrogens is 256 g/mol. The third-order valence-electron chi connectivity index (χ3n) is 2.83. The van der Waals surface area contributed by atoms with Crippen LogP contribution in [0.4, 0.5) is 8.78 Å². The lowest BCUT2D eigenvalue weighted by Crippen LogP contribution is -2.16. The van der Waals surface area contributed by atoms with Crippen molar-refractivity contribution < 1.29 is 13.5 Å². The Balaban J connectivity index is 2.48. The van der Waals surface area contributed by atoms with E-state index in [1.165, 1.54) is 18.4 Å². The summed E-state index contributed by atoms with van der Waals surface area (Å²) in [5.74, 6) is -1.24. The predicted molar refractivity (Wildman–Crippen MR) is 68.0 cm³/mol. The summed E-state index contributed by atoms with van der Waals surface area (Å²) >= 11 is 1.46. The molecule has 2 aromatic rings. The molecule has 0 bridgehead atoms. The lowest BCUT2D eigenvalue weighted by molar-refractivity contribution is 0.404. The highest BCUT2D eigenvalue weighted by atomic mass is 32.1. The highest BCUT2D eigenvalue weighted by molar-refractivity contribution is 7.08. The number of aryl methyl sites for hydroxylation is 1. The van der Waals surface area contributed by atoms with E-state index < -0.39 is 17.7 Å². The van der Waals surface area contributed by atoms with Crippen molar-refractivity contribution in [1.29, 1.82) is 0 Å². The van der Waals surface area contributed by atoms with Gasteiger partial charge in [0, 0.05) is 17.7 Å². The first-order chi connectivity index (χ1) is 8.54. The van der Waals surface area contributed by atoms with E-state index in [1.807, 2.05) is 17.7 Å². The molecule has 0 amide bonds. The van der Waals surface area contributed by atoms with Gasteiger partial charge in [-0.1, -0.05) is 0 Å². The summed E-state index contributed by atoms with van der Waals surface area (Å²) in [5.41, 5.74) is 7.48. The molecule has 1 aromatic carbocycles. The van der Waals surface area contributed by atoms with Crippen LogP contribution in [0.25, 0.3) is 0 Å². The molecule has 0 saturated carbocycles. The van der Waals surface area contributed by atoms with Gasteiger partial charge in [0.15, 0.2) is 0 Å². The second kappa shape index (κ2) is 5.04. The van der Waals surface area contributed by atoms with E-state index in [4.69, 9.17) is 10.5 Å². The van der Waals surface area contributed by atoms with Gasteiger partial charge >= 0.3 is 0 Å². The van der Waals surface area contributed by atoms with Crippen LogP contribution in [0.5, 0.6) is 5.75 Å². The molecule has 0 aliphatic rings. The first kappa shape index (κ1) is 13.0. The van der Waals surface area contributed by atoms with Crippen molar-refractivity contribution in [3.05, 3.63) is 51.2 Å². The summed E-state index contributed by atoms with van der Waals surface area (Å²) in [5, 5.41) is 3.71. The first-order valence-corrected chi connectivity index (χ1v) is 6.30. The number of benzene rings is 1. The largest absolute Gasteiger partial charge is 0.497 e. The van der Waals surface area contributed by atoms with Gasteiger partial charge in [-0.3, -0.25) is 0 Å². The van der Waals surface area contributed by atoms with Crippen molar-refractivity contribution in [2.45, 2.75) is 13.0 Å². The van der Waals surface area contributed by atoms with Crippen molar-refractivity contribution in [3.63, 3.8) is 0 Å². The fourth-order valence-electron chi connectivity index (χ4n) is 1.82. The Hall–Kier alpha value is -1.46. The van der Waals surface area contributed by atoms with Crippen LogP contribution in [0.3, 0.4) is 0 Å². The number of methoxy groups -OCH3 is 1. The fourth-order valence-corrected chi connectivity index (χ4v) is 2.71. The molecule has 1 atom stereocenters. The van der Waals surface area contributed by atoms with E-state index in [2.05, 4.69) is 0 Å². The second-order valence-electron chi connectivity index (χ2n) is 3.99. The summed E-state index contributed by atoms with van der Waals surface area (Å²) < 4.78 is 32.6. The monoisotopic (exact) mass is 269 g/mol. The number of thiophene rings is 1. The molecule has 0 spiro atoms. The Morgan fingerprint density at radius 3 is 2.28 bits per heavy atom. The SMILES string of the molecule is COc1cc(F)c(C(N)c2cscc2C)c(F)c1. The third kappa shape index (κ3) is 2.23. The van der Waals surface area contributed by atoms with Gasteiger partial charge in [-0.2, -0.15) is 11.3 Å². The van der Waals surface area contributed by atoms with Crippen LogP contribution < -0.4 is 10.5 Å². The number of ether oxygens (including phenoxy) is 1. The minimum Gasteiger partial charge on any atom is -0.497 e. The molecule has 0 fully saturated rings. The van der Waals surface area contributed by atoms with Crippen LogP contribution in [0, 0.1) is 18.6 Å². The van der Waals surface area contributed by atoms with Gasteiger partial charge < -0.3 is 10.5 Å². The van der Waals surface area contributed by atoms with Gasteiger partial charge in [0.25, 0.3) is 0 Å². The minimum atomic E-state index is -0.804. The summed E-state index contributed by atoms with van der Waals surface area (Å²) in [7, 11) is 1.36. The molecular formula is C13H13F2NOS. The predicted octanol–water partition coefficient (Wildman–Crippen LogP) is 3.39. The van der Waals surface area contributed by atoms with Crippen molar-refractivity contribution in [2.75, 3.05) is 7.11 Å². The highest BCUT2D eigenvalue weighted by Gasteiger charge is 2.21. The molecule has 0 aliphatic heterocycles. The molecule has 96 valence electrons. The Bertz CT molecular complexity index is 545. The Morgan fingerprint density at radius 2 is 1.83 bits per heavy atom. The zero-order valence-corrected chi connectivity index (χ0v) is 10.9. The van der Waals surface area contributed by atoms with E-state index in [-0.39, 0.29) is 11.3 Å². The average Bonchev–Trinajstić information content (AvgIpc) is 2.74. The average molecular weight is 269 g/mol. The van der Waals surface area contributed by atoms with E-state index in [0.717, 1.165) is 23.3 Å².